The minimum absolute atomic E-state index is 1.08. The van der Waals surface area contributed by atoms with Gasteiger partial charge in [-0.25, -0.2) is 0 Å². The fourth-order valence-electron chi connectivity index (χ4n) is 2.42. The quantitative estimate of drug-likeness (QED) is 0.814. The predicted molar refractivity (Wildman–Crippen MR) is 73.4 cm³/mol. The summed E-state index contributed by atoms with van der Waals surface area (Å²) < 4.78 is 0. The monoisotopic (exact) mass is 223 g/mol. The third-order valence-corrected chi connectivity index (χ3v) is 3.51. The van der Waals surface area contributed by atoms with E-state index < -0.39 is 0 Å². The minimum atomic E-state index is 1.08. The molecule has 0 aromatic heterocycles. The zero-order valence-corrected chi connectivity index (χ0v) is 10.2. The van der Waals surface area contributed by atoms with E-state index in [2.05, 4.69) is 54.7 Å². The molecule has 1 heteroatoms. The molecular weight excluding hydrogens is 206 g/mol. The van der Waals surface area contributed by atoms with Crippen LogP contribution in [0.15, 0.2) is 42.5 Å². The van der Waals surface area contributed by atoms with Gasteiger partial charge in [0.15, 0.2) is 0 Å². The molecule has 86 valence electrons. The summed E-state index contributed by atoms with van der Waals surface area (Å²) in [4.78, 5) is 0. The molecule has 1 N–H and O–H groups in total. The van der Waals surface area contributed by atoms with E-state index in [1.54, 1.807) is 0 Å². The molecule has 17 heavy (non-hydrogen) atoms. The molecule has 0 unspecified atom stereocenters. The summed E-state index contributed by atoms with van der Waals surface area (Å²) in [6.45, 7) is 3.27. The smallest absolute Gasteiger partial charge is 0.0373 e. The summed E-state index contributed by atoms with van der Waals surface area (Å²) in [6.07, 6.45) is 2.25. The Morgan fingerprint density at radius 2 is 1.76 bits per heavy atom. The van der Waals surface area contributed by atoms with E-state index in [0.29, 0.717) is 0 Å². The van der Waals surface area contributed by atoms with Crippen LogP contribution in [-0.4, -0.2) is 6.54 Å². The molecule has 2 aromatic carbocycles. The highest BCUT2D eigenvalue weighted by Crippen LogP contribution is 2.28. The van der Waals surface area contributed by atoms with Crippen molar-refractivity contribution in [2.24, 2.45) is 0 Å². The molecule has 0 spiro atoms. The Morgan fingerprint density at radius 3 is 2.53 bits per heavy atom. The largest absolute Gasteiger partial charge is 0.384 e. The molecule has 1 aliphatic heterocycles. The molecule has 0 aliphatic carbocycles. The molecule has 0 radical (unpaired) electrons. The summed E-state index contributed by atoms with van der Waals surface area (Å²) in [5, 5.41) is 3.40. The lowest BCUT2D eigenvalue weighted by atomic mass is 10.0. The topological polar surface area (TPSA) is 12.0 Å². The second-order valence-corrected chi connectivity index (χ2v) is 4.60. The first-order chi connectivity index (χ1) is 8.36. The van der Waals surface area contributed by atoms with Crippen molar-refractivity contribution in [3.63, 3.8) is 0 Å². The SMILES string of the molecule is CCc1ccc(-c2ccc3c(c2)CCN3)cc1. The molecule has 1 aliphatic rings. The van der Waals surface area contributed by atoms with E-state index in [0.717, 1.165) is 19.4 Å². The van der Waals surface area contributed by atoms with Crippen molar-refractivity contribution in [2.45, 2.75) is 19.8 Å². The van der Waals surface area contributed by atoms with E-state index >= 15 is 0 Å². The fraction of sp³-hybridized carbons (Fsp3) is 0.250. The van der Waals surface area contributed by atoms with Gasteiger partial charge in [-0.1, -0.05) is 37.3 Å². The third-order valence-electron chi connectivity index (χ3n) is 3.51. The van der Waals surface area contributed by atoms with Gasteiger partial charge < -0.3 is 5.32 Å². The van der Waals surface area contributed by atoms with Gasteiger partial charge in [-0.05, 0) is 47.2 Å². The minimum Gasteiger partial charge on any atom is -0.384 e. The summed E-state index contributed by atoms with van der Waals surface area (Å²) in [5.74, 6) is 0. The van der Waals surface area contributed by atoms with Gasteiger partial charge in [0.1, 0.15) is 0 Å². The second-order valence-electron chi connectivity index (χ2n) is 4.60. The van der Waals surface area contributed by atoms with Crippen molar-refractivity contribution < 1.29 is 0 Å². The molecule has 0 saturated carbocycles. The molecule has 0 amide bonds. The number of hydrogen-bond acceptors (Lipinski definition) is 1. The van der Waals surface area contributed by atoms with Crippen molar-refractivity contribution in [1.29, 1.82) is 0 Å². The van der Waals surface area contributed by atoms with Crippen molar-refractivity contribution in [1.82, 2.24) is 0 Å². The van der Waals surface area contributed by atoms with E-state index in [4.69, 9.17) is 0 Å². The second kappa shape index (κ2) is 4.25. The van der Waals surface area contributed by atoms with Gasteiger partial charge in [-0.2, -0.15) is 0 Å². The molecule has 3 rings (SSSR count). The normalized spacial score (nSPS) is 13.2. The molecular formula is C16H17N. The van der Waals surface area contributed by atoms with Crippen LogP contribution >= 0.6 is 0 Å². The summed E-state index contributed by atoms with van der Waals surface area (Å²) >= 11 is 0. The number of rotatable bonds is 2. The van der Waals surface area contributed by atoms with Gasteiger partial charge in [0.2, 0.25) is 0 Å². The van der Waals surface area contributed by atoms with Gasteiger partial charge >= 0.3 is 0 Å². The Bertz CT molecular complexity index is 526. The summed E-state index contributed by atoms with van der Waals surface area (Å²) in [6, 6.07) is 15.6. The number of aryl methyl sites for hydroxylation is 1. The number of fused-ring (bicyclic) bond motifs is 1. The maximum Gasteiger partial charge on any atom is 0.0373 e. The van der Waals surface area contributed by atoms with Gasteiger partial charge in [-0.15, -0.1) is 0 Å². The average Bonchev–Trinajstić information content (AvgIpc) is 2.86. The van der Waals surface area contributed by atoms with Crippen LogP contribution in [-0.2, 0) is 12.8 Å². The molecule has 0 bridgehead atoms. The van der Waals surface area contributed by atoms with E-state index in [-0.39, 0.29) is 0 Å². The maximum absolute atomic E-state index is 3.40. The lowest BCUT2D eigenvalue weighted by molar-refractivity contribution is 1.11. The fourth-order valence-corrected chi connectivity index (χ4v) is 2.42. The lowest BCUT2D eigenvalue weighted by Crippen LogP contribution is -1.90. The van der Waals surface area contributed by atoms with Crippen molar-refractivity contribution in [2.75, 3.05) is 11.9 Å². The van der Waals surface area contributed by atoms with Crippen LogP contribution in [0.3, 0.4) is 0 Å². The van der Waals surface area contributed by atoms with E-state index in [1.807, 2.05) is 0 Å². The average molecular weight is 223 g/mol. The highest BCUT2D eigenvalue weighted by Gasteiger charge is 2.10. The van der Waals surface area contributed by atoms with Crippen molar-refractivity contribution in [3.05, 3.63) is 53.6 Å². The third kappa shape index (κ3) is 1.93. The molecule has 0 atom stereocenters. The van der Waals surface area contributed by atoms with Crippen LogP contribution in [0.1, 0.15) is 18.1 Å². The van der Waals surface area contributed by atoms with Gasteiger partial charge in [0.05, 0.1) is 0 Å². The Labute approximate surface area is 102 Å². The van der Waals surface area contributed by atoms with Crippen LogP contribution in [0.5, 0.6) is 0 Å². The highest BCUT2D eigenvalue weighted by atomic mass is 14.9. The van der Waals surface area contributed by atoms with Crippen LogP contribution in [0, 0.1) is 0 Å². The Morgan fingerprint density at radius 1 is 1.00 bits per heavy atom. The Balaban J connectivity index is 1.97. The van der Waals surface area contributed by atoms with Crippen LogP contribution < -0.4 is 5.32 Å². The number of benzene rings is 2. The molecule has 1 nitrogen and oxygen atoms in total. The zero-order valence-electron chi connectivity index (χ0n) is 10.2. The van der Waals surface area contributed by atoms with Crippen LogP contribution in [0.25, 0.3) is 11.1 Å². The number of hydrogen-bond donors (Lipinski definition) is 1. The van der Waals surface area contributed by atoms with E-state index in [9.17, 15) is 0 Å². The van der Waals surface area contributed by atoms with Crippen LogP contribution in [0.2, 0.25) is 0 Å². The standard InChI is InChI=1S/C16H17N/c1-2-12-3-5-13(6-4-12)14-7-8-16-15(11-14)9-10-17-16/h3-8,11,17H,2,9-10H2,1H3. The lowest BCUT2D eigenvalue weighted by Gasteiger charge is -2.06. The van der Waals surface area contributed by atoms with E-state index in [1.165, 1.54) is 27.9 Å². The summed E-state index contributed by atoms with van der Waals surface area (Å²) in [7, 11) is 0. The first-order valence-corrected chi connectivity index (χ1v) is 6.33. The van der Waals surface area contributed by atoms with Crippen molar-refractivity contribution >= 4 is 5.69 Å². The van der Waals surface area contributed by atoms with Gasteiger partial charge in [0.25, 0.3) is 0 Å². The Kier molecular flexibility index (Phi) is 2.60. The number of nitrogens with one attached hydrogen (secondary N) is 1. The molecule has 2 aromatic rings. The van der Waals surface area contributed by atoms with Crippen LogP contribution in [0.4, 0.5) is 5.69 Å². The summed E-state index contributed by atoms with van der Waals surface area (Å²) in [5.41, 5.74) is 6.80. The number of anilines is 1. The molecule has 0 fully saturated rings. The Hall–Kier alpha value is -1.76. The first kappa shape index (κ1) is 10.4. The highest BCUT2D eigenvalue weighted by molar-refractivity contribution is 5.70. The van der Waals surface area contributed by atoms with Gasteiger partial charge in [0, 0.05) is 12.2 Å². The molecule has 1 heterocycles. The first-order valence-electron chi connectivity index (χ1n) is 6.33. The molecule has 0 saturated heterocycles. The predicted octanol–water partition coefficient (Wildman–Crippen LogP) is 3.88. The zero-order chi connectivity index (χ0) is 11.7. The van der Waals surface area contributed by atoms with Gasteiger partial charge in [-0.3, -0.25) is 0 Å². The maximum atomic E-state index is 3.40. The van der Waals surface area contributed by atoms with Crippen molar-refractivity contribution in [3.8, 4) is 11.1 Å².